The van der Waals surface area contributed by atoms with Gasteiger partial charge in [-0.25, -0.2) is 14.6 Å². The van der Waals surface area contributed by atoms with Gasteiger partial charge in [-0.3, -0.25) is 5.32 Å². The number of carbonyl (C=O) groups excluding carboxylic acids is 1. The first kappa shape index (κ1) is 12.7. The van der Waals surface area contributed by atoms with Gasteiger partial charge in [-0.2, -0.15) is 4.37 Å². The number of carboxylic acid groups (broad SMARTS) is 1. The summed E-state index contributed by atoms with van der Waals surface area (Å²) < 4.78 is 3.92. The number of rotatable bonds is 4. The number of nitrogens with zero attached hydrogens (tertiary/aromatic N) is 2. The second-order valence-electron chi connectivity index (χ2n) is 4.51. The molecule has 3 N–H and O–H groups in total. The Morgan fingerprint density at radius 2 is 2.17 bits per heavy atom. The van der Waals surface area contributed by atoms with E-state index in [1.807, 2.05) is 0 Å². The molecular formula is C10H14N4O3S. The Hall–Kier alpha value is -1.70. The van der Waals surface area contributed by atoms with Crippen LogP contribution in [0.4, 0.5) is 9.93 Å². The van der Waals surface area contributed by atoms with Crippen LogP contribution in [0, 0.1) is 12.8 Å². The van der Waals surface area contributed by atoms with E-state index in [1.54, 1.807) is 6.92 Å². The largest absolute Gasteiger partial charge is 0.480 e. The predicted molar refractivity (Wildman–Crippen MR) is 65.6 cm³/mol. The molecule has 1 aliphatic rings. The normalized spacial score (nSPS) is 17.9. The predicted octanol–water partition coefficient (Wildman–Crippen LogP) is 1.22. The molecule has 2 rings (SSSR count). The van der Waals surface area contributed by atoms with Crippen LogP contribution in [0.5, 0.6) is 0 Å². The summed E-state index contributed by atoms with van der Waals surface area (Å²) in [6.07, 6.45) is 1.64. The van der Waals surface area contributed by atoms with E-state index in [0.717, 1.165) is 24.4 Å². The average molecular weight is 270 g/mol. The molecule has 1 saturated carbocycles. The van der Waals surface area contributed by atoms with Gasteiger partial charge in [0.15, 0.2) is 0 Å². The number of anilines is 1. The van der Waals surface area contributed by atoms with Crippen molar-refractivity contribution in [1.29, 1.82) is 0 Å². The summed E-state index contributed by atoms with van der Waals surface area (Å²) in [5.41, 5.74) is -1.22. The summed E-state index contributed by atoms with van der Waals surface area (Å²) in [4.78, 5) is 26.9. The first-order chi connectivity index (χ1) is 8.41. The highest BCUT2D eigenvalue weighted by Crippen LogP contribution is 2.39. The zero-order chi connectivity index (χ0) is 13.3. The van der Waals surface area contributed by atoms with E-state index in [2.05, 4.69) is 20.0 Å². The second-order valence-corrected chi connectivity index (χ2v) is 5.26. The number of amides is 2. The molecule has 0 radical (unpaired) electrons. The van der Waals surface area contributed by atoms with Crippen molar-refractivity contribution >= 4 is 28.7 Å². The van der Waals surface area contributed by atoms with E-state index in [4.69, 9.17) is 0 Å². The Labute approximate surface area is 108 Å². The maximum Gasteiger partial charge on any atom is 0.329 e. The highest BCUT2D eigenvalue weighted by Gasteiger charge is 2.48. The molecule has 18 heavy (non-hydrogen) atoms. The number of hydrogen-bond acceptors (Lipinski definition) is 5. The lowest BCUT2D eigenvalue weighted by molar-refractivity contribution is -0.144. The minimum atomic E-state index is -1.22. The van der Waals surface area contributed by atoms with Crippen LogP contribution in [0.2, 0.25) is 0 Å². The average Bonchev–Trinajstić information content (AvgIpc) is 3.04. The molecule has 0 aliphatic heterocycles. The van der Waals surface area contributed by atoms with Crippen molar-refractivity contribution in [2.75, 3.05) is 5.32 Å². The Morgan fingerprint density at radius 3 is 2.61 bits per heavy atom. The Morgan fingerprint density at radius 1 is 1.50 bits per heavy atom. The number of carboxylic acids is 1. The number of hydrogen-bond donors (Lipinski definition) is 3. The lowest BCUT2D eigenvalue weighted by Crippen LogP contribution is -2.55. The number of nitrogens with one attached hydrogen (secondary N) is 2. The lowest BCUT2D eigenvalue weighted by atomic mass is 9.96. The molecule has 1 heterocycles. The number of aliphatic carboxylic acids is 1. The minimum absolute atomic E-state index is 0.00286. The van der Waals surface area contributed by atoms with Gasteiger partial charge in [-0.15, -0.1) is 0 Å². The number of urea groups is 1. The van der Waals surface area contributed by atoms with Gasteiger partial charge in [0.05, 0.1) is 0 Å². The summed E-state index contributed by atoms with van der Waals surface area (Å²) >= 11 is 1.06. The molecule has 0 saturated heterocycles. The van der Waals surface area contributed by atoms with Gasteiger partial charge in [0.25, 0.3) is 0 Å². The maximum atomic E-state index is 11.7. The standard InChI is InChI=1S/C10H14N4O3S/c1-5-11-9(18-14-5)12-8(17)13-10(2,7(15)16)6-3-4-6/h6H,3-4H2,1-2H3,(H,15,16)(H2,11,12,13,14,17). The number of aryl methyl sites for hydroxylation is 1. The SMILES string of the molecule is Cc1nsc(NC(=O)NC(C)(C(=O)O)C2CC2)n1. The van der Waals surface area contributed by atoms with Crippen molar-refractivity contribution in [3.8, 4) is 0 Å². The zero-order valence-corrected chi connectivity index (χ0v) is 10.9. The minimum Gasteiger partial charge on any atom is -0.480 e. The fourth-order valence-electron chi connectivity index (χ4n) is 1.70. The smallest absolute Gasteiger partial charge is 0.329 e. The van der Waals surface area contributed by atoms with Crippen molar-refractivity contribution in [2.24, 2.45) is 5.92 Å². The van der Waals surface area contributed by atoms with Crippen LogP contribution in [0.15, 0.2) is 0 Å². The molecular weight excluding hydrogens is 256 g/mol. The molecule has 8 heteroatoms. The van der Waals surface area contributed by atoms with E-state index in [1.165, 1.54) is 6.92 Å². The van der Waals surface area contributed by atoms with Crippen molar-refractivity contribution in [3.63, 3.8) is 0 Å². The van der Waals surface area contributed by atoms with Crippen molar-refractivity contribution < 1.29 is 14.7 Å². The quantitative estimate of drug-likeness (QED) is 0.763. The molecule has 7 nitrogen and oxygen atoms in total. The third kappa shape index (κ3) is 2.58. The van der Waals surface area contributed by atoms with Gasteiger partial charge in [-0.1, -0.05) is 0 Å². The van der Waals surface area contributed by atoms with Crippen LogP contribution < -0.4 is 10.6 Å². The summed E-state index contributed by atoms with van der Waals surface area (Å²) in [6.45, 7) is 3.24. The Bertz CT molecular complexity index is 485. The molecule has 1 atom stereocenters. The van der Waals surface area contributed by atoms with Gasteiger partial charge in [0.2, 0.25) is 5.13 Å². The van der Waals surface area contributed by atoms with E-state index < -0.39 is 17.5 Å². The molecule has 1 aromatic rings. The van der Waals surface area contributed by atoms with Crippen molar-refractivity contribution in [2.45, 2.75) is 32.2 Å². The van der Waals surface area contributed by atoms with Gasteiger partial charge >= 0.3 is 12.0 Å². The third-order valence-electron chi connectivity index (χ3n) is 2.96. The molecule has 1 aromatic heterocycles. The van der Waals surface area contributed by atoms with Crippen LogP contribution in [0.1, 0.15) is 25.6 Å². The Kier molecular flexibility index (Phi) is 3.20. The molecule has 1 unspecified atom stereocenters. The van der Waals surface area contributed by atoms with E-state index in [-0.39, 0.29) is 5.92 Å². The first-order valence-corrected chi connectivity index (χ1v) is 6.32. The Balaban J connectivity index is 1.99. The van der Waals surface area contributed by atoms with E-state index in [0.29, 0.717) is 11.0 Å². The summed E-state index contributed by atoms with van der Waals surface area (Å²) in [5, 5.41) is 14.5. The summed E-state index contributed by atoms with van der Waals surface area (Å²) in [7, 11) is 0. The highest BCUT2D eigenvalue weighted by molar-refractivity contribution is 7.09. The monoisotopic (exact) mass is 270 g/mol. The second kappa shape index (κ2) is 4.52. The van der Waals surface area contributed by atoms with Crippen LogP contribution in [-0.2, 0) is 4.79 Å². The van der Waals surface area contributed by atoms with Crippen LogP contribution in [-0.4, -0.2) is 32.0 Å². The van der Waals surface area contributed by atoms with Gasteiger partial charge in [0, 0.05) is 11.5 Å². The molecule has 98 valence electrons. The zero-order valence-electron chi connectivity index (χ0n) is 10.1. The third-order valence-corrected chi connectivity index (χ3v) is 3.68. The van der Waals surface area contributed by atoms with Crippen LogP contribution >= 0.6 is 11.5 Å². The van der Waals surface area contributed by atoms with Gasteiger partial charge in [0.1, 0.15) is 11.4 Å². The number of aromatic nitrogens is 2. The van der Waals surface area contributed by atoms with Gasteiger partial charge < -0.3 is 10.4 Å². The molecule has 0 spiro atoms. The maximum absolute atomic E-state index is 11.7. The van der Waals surface area contributed by atoms with Crippen molar-refractivity contribution in [1.82, 2.24) is 14.7 Å². The van der Waals surface area contributed by atoms with Gasteiger partial charge in [-0.05, 0) is 32.6 Å². The highest BCUT2D eigenvalue weighted by atomic mass is 32.1. The lowest BCUT2D eigenvalue weighted by Gasteiger charge is -2.25. The molecule has 0 aromatic carbocycles. The topological polar surface area (TPSA) is 104 Å². The molecule has 1 fully saturated rings. The molecule has 2 amide bonds. The summed E-state index contributed by atoms with van der Waals surface area (Å²) in [5.74, 6) is -0.455. The summed E-state index contributed by atoms with van der Waals surface area (Å²) in [6, 6.07) is -0.567. The van der Waals surface area contributed by atoms with Crippen molar-refractivity contribution in [3.05, 3.63) is 5.82 Å². The first-order valence-electron chi connectivity index (χ1n) is 5.54. The molecule has 1 aliphatic carbocycles. The number of carbonyl (C=O) groups is 2. The molecule has 0 bridgehead atoms. The fraction of sp³-hybridized carbons (Fsp3) is 0.600. The van der Waals surface area contributed by atoms with Crippen LogP contribution in [0.3, 0.4) is 0 Å². The fourth-order valence-corrected chi connectivity index (χ4v) is 2.27. The van der Waals surface area contributed by atoms with E-state index >= 15 is 0 Å². The van der Waals surface area contributed by atoms with Crippen LogP contribution in [0.25, 0.3) is 0 Å². The van der Waals surface area contributed by atoms with E-state index in [9.17, 15) is 14.7 Å².